The summed E-state index contributed by atoms with van der Waals surface area (Å²) in [5.74, 6) is -0.328. The lowest BCUT2D eigenvalue weighted by Crippen LogP contribution is -2.40. The van der Waals surface area contributed by atoms with E-state index in [2.05, 4.69) is 0 Å². The fraction of sp³-hybridized carbons (Fsp3) is 0.533. The number of nitrogens with zero attached hydrogens (tertiary/aromatic N) is 1. The van der Waals surface area contributed by atoms with E-state index in [0.29, 0.717) is 0 Å². The van der Waals surface area contributed by atoms with Crippen LogP contribution in [0.15, 0.2) is 30.3 Å². The van der Waals surface area contributed by atoms with Crippen molar-refractivity contribution < 1.29 is 17.9 Å². The van der Waals surface area contributed by atoms with Gasteiger partial charge in [0.2, 0.25) is 9.05 Å². The molecule has 1 atom stereocenters. The minimum Gasteiger partial charge on any atom is -0.444 e. The van der Waals surface area contributed by atoms with Crippen LogP contribution in [0.3, 0.4) is 0 Å². The van der Waals surface area contributed by atoms with Crippen molar-refractivity contribution in [1.29, 1.82) is 0 Å². The molecule has 22 heavy (non-hydrogen) atoms. The molecule has 0 aromatic heterocycles. The maximum absolute atomic E-state index is 12.4. The third-order valence-corrected chi connectivity index (χ3v) is 4.09. The first-order valence-electron chi connectivity index (χ1n) is 6.96. The second-order valence-corrected chi connectivity index (χ2v) is 8.90. The second-order valence-electron chi connectivity index (χ2n) is 6.00. The van der Waals surface area contributed by atoms with Gasteiger partial charge in [-0.25, -0.2) is 13.2 Å². The summed E-state index contributed by atoms with van der Waals surface area (Å²) in [6.45, 7) is 7.06. The van der Waals surface area contributed by atoms with Gasteiger partial charge in [0.25, 0.3) is 0 Å². The molecule has 1 rings (SSSR count). The lowest BCUT2D eigenvalue weighted by atomic mass is 10.1. The lowest BCUT2D eigenvalue weighted by molar-refractivity contribution is 0.0188. The highest BCUT2D eigenvalue weighted by Crippen LogP contribution is 2.23. The number of ether oxygens (including phenoxy) is 1. The van der Waals surface area contributed by atoms with E-state index in [-0.39, 0.29) is 18.3 Å². The summed E-state index contributed by atoms with van der Waals surface area (Å²) in [5, 5.41) is 0. The SMILES string of the molecule is CC(c1ccccc1)N(CCS(=O)(=O)Cl)C(=O)OC(C)(C)C. The molecule has 0 fully saturated rings. The molecule has 124 valence electrons. The van der Waals surface area contributed by atoms with Crippen LogP contribution in [-0.4, -0.2) is 37.3 Å². The van der Waals surface area contributed by atoms with Gasteiger partial charge >= 0.3 is 6.09 Å². The summed E-state index contributed by atoms with van der Waals surface area (Å²) in [6.07, 6.45) is -0.566. The molecule has 5 nitrogen and oxygen atoms in total. The van der Waals surface area contributed by atoms with Crippen LogP contribution >= 0.6 is 10.7 Å². The van der Waals surface area contributed by atoms with Crippen LogP contribution in [-0.2, 0) is 13.8 Å². The van der Waals surface area contributed by atoms with Crippen LogP contribution in [0.4, 0.5) is 4.79 Å². The van der Waals surface area contributed by atoms with Crippen molar-refractivity contribution in [2.75, 3.05) is 12.3 Å². The minimum atomic E-state index is -3.69. The Kier molecular flexibility index (Phi) is 6.26. The van der Waals surface area contributed by atoms with Gasteiger partial charge in [0.1, 0.15) is 5.60 Å². The number of carbonyl (C=O) groups is 1. The zero-order chi connectivity index (χ0) is 17.0. The molecule has 0 aliphatic heterocycles. The molecule has 1 unspecified atom stereocenters. The van der Waals surface area contributed by atoms with Gasteiger partial charge in [0.15, 0.2) is 0 Å². The first-order chi connectivity index (χ1) is 9.99. The van der Waals surface area contributed by atoms with Crippen molar-refractivity contribution in [2.45, 2.75) is 39.3 Å². The number of carbonyl (C=O) groups excluding carboxylic acids is 1. The molecule has 0 radical (unpaired) electrons. The lowest BCUT2D eigenvalue weighted by Gasteiger charge is -2.31. The number of hydrogen-bond donors (Lipinski definition) is 0. The van der Waals surface area contributed by atoms with E-state index < -0.39 is 20.7 Å². The predicted octanol–water partition coefficient (Wildman–Crippen LogP) is 3.55. The minimum absolute atomic E-state index is 0.0309. The topological polar surface area (TPSA) is 63.7 Å². The maximum atomic E-state index is 12.4. The van der Waals surface area contributed by atoms with E-state index >= 15 is 0 Å². The van der Waals surface area contributed by atoms with Crippen molar-refractivity contribution in [3.8, 4) is 0 Å². The van der Waals surface area contributed by atoms with Crippen molar-refractivity contribution in [3.63, 3.8) is 0 Å². The third-order valence-electron chi connectivity index (χ3n) is 2.95. The summed E-state index contributed by atoms with van der Waals surface area (Å²) in [4.78, 5) is 13.7. The van der Waals surface area contributed by atoms with Crippen LogP contribution in [0.1, 0.15) is 39.3 Å². The highest BCUT2D eigenvalue weighted by atomic mass is 35.7. The summed E-state index contributed by atoms with van der Waals surface area (Å²) in [6, 6.07) is 9.01. The van der Waals surface area contributed by atoms with Gasteiger partial charge in [0.05, 0.1) is 11.8 Å². The Bertz CT molecular complexity index is 596. The molecule has 1 aromatic carbocycles. The Morgan fingerprint density at radius 3 is 2.27 bits per heavy atom. The van der Waals surface area contributed by atoms with E-state index in [9.17, 15) is 13.2 Å². The van der Waals surface area contributed by atoms with Crippen LogP contribution in [0, 0.1) is 0 Å². The molecule has 0 bridgehead atoms. The van der Waals surface area contributed by atoms with E-state index in [1.54, 1.807) is 20.8 Å². The van der Waals surface area contributed by atoms with Gasteiger partial charge in [-0.1, -0.05) is 30.3 Å². The van der Waals surface area contributed by atoms with Crippen molar-refractivity contribution in [3.05, 3.63) is 35.9 Å². The highest BCUT2D eigenvalue weighted by molar-refractivity contribution is 8.13. The van der Waals surface area contributed by atoms with E-state index in [1.807, 2.05) is 37.3 Å². The fourth-order valence-electron chi connectivity index (χ4n) is 1.88. The first-order valence-corrected chi connectivity index (χ1v) is 9.44. The summed E-state index contributed by atoms with van der Waals surface area (Å²) in [7, 11) is 1.57. The Morgan fingerprint density at radius 2 is 1.82 bits per heavy atom. The molecule has 1 aromatic rings. The summed E-state index contributed by atoms with van der Waals surface area (Å²) in [5.41, 5.74) is 0.228. The fourth-order valence-corrected chi connectivity index (χ4v) is 2.50. The number of hydrogen-bond acceptors (Lipinski definition) is 4. The predicted molar refractivity (Wildman–Crippen MR) is 87.4 cm³/mol. The smallest absolute Gasteiger partial charge is 0.410 e. The molecule has 0 heterocycles. The zero-order valence-electron chi connectivity index (χ0n) is 13.2. The Labute approximate surface area is 136 Å². The molecule has 0 saturated heterocycles. The van der Waals surface area contributed by atoms with Gasteiger partial charge in [-0.15, -0.1) is 0 Å². The van der Waals surface area contributed by atoms with Crippen LogP contribution < -0.4 is 0 Å². The third kappa shape index (κ3) is 6.66. The number of benzene rings is 1. The van der Waals surface area contributed by atoms with Crippen LogP contribution in [0.25, 0.3) is 0 Å². The molecule has 0 aliphatic rings. The van der Waals surface area contributed by atoms with Gasteiger partial charge in [-0.2, -0.15) is 0 Å². The zero-order valence-corrected chi connectivity index (χ0v) is 14.8. The number of halogens is 1. The van der Waals surface area contributed by atoms with Crippen LogP contribution in [0.2, 0.25) is 0 Å². The van der Waals surface area contributed by atoms with Gasteiger partial charge in [0, 0.05) is 17.2 Å². The summed E-state index contributed by atoms with van der Waals surface area (Å²) < 4.78 is 27.7. The molecule has 0 aliphatic carbocycles. The van der Waals surface area contributed by atoms with Gasteiger partial charge in [-0.3, -0.25) is 0 Å². The summed E-state index contributed by atoms with van der Waals surface area (Å²) >= 11 is 0. The Hall–Kier alpha value is -1.27. The Balaban J connectivity index is 2.97. The van der Waals surface area contributed by atoms with Crippen molar-refractivity contribution >= 4 is 25.8 Å². The van der Waals surface area contributed by atoms with E-state index in [1.165, 1.54) is 4.90 Å². The van der Waals surface area contributed by atoms with Gasteiger partial charge < -0.3 is 9.64 Å². The average Bonchev–Trinajstić information content (AvgIpc) is 2.36. The molecule has 1 amide bonds. The quantitative estimate of drug-likeness (QED) is 0.764. The molecule has 7 heteroatoms. The van der Waals surface area contributed by atoms with Gasteiger partial charge in [-0.05, 0) is 33.3 Å². The Morgan fingerprint density at radius 1 is 1.27 bits per heavy atom. The standard InChI is InChI=1S/C15H22ClNO4S/c1-12(13-8-6-5-7-9-13)17(10-11-22(16,19)20)14(18)21-15(2,3)4/h5-9,12H,10-11H2,1-4H3. The molecular formula is C15H22ClNO4S. The van der Waals surface area contributed by atoms with E-state index in [0.717, 1.165) is 5.56 Å². The number of rotatable bonds is 5. The van der Waals surface area contributed by atoms with E-state index in [4.69, 9.17) is 15.4 Å². The maximum Gasteiger partial charge on any atom is 0.410 e. The molecule has 0 saturated carbocycles. The highest BCUT2D eigenvalue weighted by Gasteiger charge is 2.27. The first kappa shape index (κ1) is 18.8. The van der Waals surface area contributed by atoms with Crippen molar-refractivity contribution in [2.24, 2.45) is 0 Å². The average molecular weight is 348 g/mol. The molecule has 0 N–H and O–H groups in total. The number of amides is 1. The van der Waals surface area contributed by atoms with Crippen molar-refractivity contribution in [1.82, 2.24) is 4.90 Å². The second kappa shape index (κ2) is 7.33. The normalized spacial score (nSPS) is 13.5. The van der Waals surface area contributed by atoms with Crippen LogP contribution in [0.5, 0.6) is 0 Å². The molecular weight excluding hydrogens is 326 g/mol. The monoisotopic (exact) mass is 347 g/mol. The largest absolute Gasteiger partial charge is 0.444 e. The molecule has 0 spiro atoms.